The van der Waals surface area contributed by atoms with E-state index in [1.54, 1.807) is 23.5 Å². The fourth-order valence-corrected chi connectivity index (χ4v) is 3.62. The molecule has 0 radical (unpaired) electrons. The molecule has 6 heteroatoms. The second-order valence-electron chi connectivity index (χ2n) is 5.94. The standard InChI is InChI=1S/C20H23N3O2S/c1-2-21-20(22-12-14-7-9-16(24)10-8-14)23-13-17(25)19-11-15-5-3-4-6-18(15)26-19/h3-11,17,24-25H,2,12-13H2,1H3,(H2,21,22,23). The third-order valence-electron chi connectivity index (χ3n) is 3.94. The largest absolute Gasteiger partial charge is 0.508 e. The topological polar surface area (TPSA) is 76.9 Å². The lowest BCUT2D eigenvalue weighted by Crippen LogP contribution is -2.39. The van der Waals surface area contributed by atoms with Gasteiger partial charge in [0.05, 0.1) is 6.54 Å². The molecule has 136 valence electrons. The Hall–Kier alpha value is -2.57. The lowest BCUT2D eigenvalue weighted by atomic mass is 10.2. The van der Waals surface area contributed by atoms with Crippen molar-refractivity contribution in [1.82, 2.24) is 10.6 Å². The van der Waals surface area contributed by atoms with E-state index < -0.39 is 6.10 Å². The molecule has 0 saturated carbocycles. The minimum absolute atomic E-state index is 0.245. The van der Waals surface area contributed by atoms with E-state index in [-0.39, 0.29) is 5.75 Å². The van der Waals surface area contributed by atoms with Crippen LogP contribution < -0.4 is 10.6 Å². The molecule has 0 aliphatic heterocycles. The van der Waals surface area contributed by atoms with Gasteiger partial charge in [-0.3, -0.25) is 0 Å². The highest BCUT2D eigenvalue weighted by atomic mass is 32.1. The minimum Gasteiger partial charge on any atom is -0.508 e. The summed E-state index contributed by atoms with van der Waals surface area (Å²) < 4.78 is 1.18. The van der Waals surface area contributed by atoms with Crippen LogP contribution >= 0.6 is 11.3 Å². The van der Waals surface area contributed by atoms with E-state index in [2.05, 4.69) is 27.8 Å². The number of rotatable bonds is 6. The molecule has 2 aromatic carbocycles. The Kier molecular flexibility index (Phi) is 6.09. The van der Waals surface area contributed by atoms with Crippen LogP contribution in [0.15, 0.2) is 59.6 Å². The van der Waals surface area contributed by atoms with Crippen molar-refractivity contribution in [3.05, 3.63) is 65.0 Å². The molecule has 0 amide bonds. The van der Waals surface area contributed by atoms with Crippen molar-refractivity contribution < 1.29 is 10.2 Å². The van der Waals surface area contributed by atoms with Crippen molar-refractivity contribution in [3.8, 4) is 5.75 Å². The van der Waals surface area contributed by atoms with Crippen molar-refractivity contribution >= 4 is 27.4 Å². The number of fused-ring (bicyclic) bond motifs is 1. The smallest absolute Gasteiger partial charge is 0.191 e. The number of hydrogen-bond donors (Lipinski definition) is 4. The van der Waals surface area contributed by atoms with Crippen molar-refractivity contribution in [1.29, 1.82) is 0 Å². The normalized spacial score (nSPS) is 12.9. The Bertz CT molecular complexity index is 841. The van der Waals surface area contributed by atoms with E-state index in [1.165, 1.54) is 4.70 Å². The van der Waals surface area contributed by atoms with Crippen LogP contribution in [0.4, 0.5) is 0 Å². The van der Waals surface area contributed by atoms with E-state index in [0.717, 1.165) is 22.4 Å². The molecule has 5 nitrogen and oxygen atoms in total. The maximum atomic E-state index is 10.5. The summed E-state index contributed by atoms with van der Waals surface area (Å²) in [5.41, 5.74) is 1.00. The van der Waals surface area contributed by atoms with Crippen LogP contribution in [0.25, 0.3) is 10.1 Å². The van der Waals surface area contributed by atoms with Gasteiger partial charge in [0.2, 0.25) is 0 Å². The summed E-state index contributed by atoms with van der Waals surface area (Å²) in [5, 5.41) is 27.4. The molecule has 0 aliphatic carbocycles. The quantitative estimate of drug-likeness (QED) is 0.397. The Balaban J connectivity index is 1.61. The molecule has 0 fully saturated rings. The maximum Gasteiger partial charge on any atom is 0.191 e. The van der Waals surface area contributed by atoms with Gasteiger partial charge in [-0.15, -0.1) is 11.3 Å². The van der Waals surface area contributed by atoms with Crippen LogP contribution in [0.3, 0.4) is 0 Å². The number of nitrogens with zero attached hydrogens (tertiary/aromatic N) is 1. The monoisotopic (exact) mass is 369 g/mol. The van der Waals surface area contributed by atoms with Gasteiger partial charge in [0.1, 0.15) is 11.9 Å². The molecule has 1 atom stereocenters. The summed E-state index contributed by atoms with van der Waals surface area (Å²) >= 11 is 1.61. The third kappa shape index (κ3) is 4.74. The van der Waals surface area contributed by atoms with Gasteiger partial charge in [0, 0.05) is 22.7 Å². The fourth-order valence-electron chi connectivity index (χ4n) is 2.57. The number of aliphatic hydroxyl groups is 1. The van der Waals surface area contributed by atoms with Gasteiger partial charge < -0.3 is 20.8 Å². The average Bonchev–Trinajstić information content (AvgIpc) is 3.09. The zero-order chi connectivity index (χ0) is 18.4. The lowest BCUT2D eigenvalue weighted by Gasteiger charge is -2.14. The summed E-state index contributed by atoms with van der Waals surface area (Å²) in [5.74, 6) is 0.898. The number of benzene rings is 2. The van der Waals surface area contributed by atoms with Gasteiger partial charge in [0.25, 0.3) is 0 Å². The Labute approximate surface area is 157 Å². The second-order valence-corrected chi connectivity index (χ2v) is 7.06. The zero-order valence-electron chi connectivity index (χ0n) is 14.6. The molecule has 1 aromatic heterocycles. The molecule has 0 spiro atoms. The minimum atomic E-state index is -0.593. The van der Waals surface area contributed by atoms with Crippen molar-refractivity contribution in [2.24, 2.45) is 4.99 Å². The van der Waals surface area contributed by atoms with Crippen molar-refractivity contribution in [2.45, 2.75) is 19.6 Å². The van der Waals surface area contributed by atoms with Gasteiger partial charge >= 0.3 is 0 Å². The summed E-state index contributed by atoms with van der Waals surface area (Å²) in [4.78, 5) is 5.46. The van der Waals surface area contributed by atoms with Gasteiger partial charge in [-0.05, 0) is 42.1 Å². The van der Waals surface area contributed by atoms with E-state index in [0.29, 0.717) is 19.0 Å². The van der Waals surface area contributed by atoms with E-state index >= 15 is 0 Å². The van der Waals surface area contributed by atoms with Gasteiger partial charge in [-0.1, -0.05) is 30.3 Å². The predicted octanol–water partition coefficient (Wildman–Crippen LogP) is 3.40. The predicted molar refractivity (Wildman–Crippen MR) is 108 cm³/mol. The third-order valence-corrected chi connectivity index (χ3v) is 5.15. The highest BCUT2D eigenvalue weighted by Gasteiger charge is 2.12. The van der Waals surface area contributed by atoms with Gasteiger partial charge in [0.15, 0.2) is 5.96 Å². The Morgan fingerprint density at radius 2 is 1.88 bits per heavy atom. The number of aliphatic hydroxyl groups excluding tert-OH is 1. The van der Waals surface area contributed by atoms with E-state index in [1.807, 2.05) is 37.3 Å². The Morgan fingerprint density at radius 3 is 2.62 bits per heavy atom. The van der Waals surface area contributed by atoms with E-state index in [4.69, 9.17) is 0 Å². The molecule has 26 heavy (non-hydrogen) atoms. The average molecular weight is 369 g/mol. The molecular formula is C20H23N3O2S. The zero-order valence-corrected chi connectivity index (χ0v) is 15.5. The maximum absolute atomic E-state index is 10.5. The van der Waals surface area contributed by atoms with Crippen molar-refractivity contribution in [3.63, 3.8) is 0 Å². The molecule has 3 aromatic rings. The first-order valence-electron chi connectivity index (χ1n) is 8.62. The molecule has 4 N–H and O–H groups in total. The lowest BCUT2D eigenvalue weighted by molar-refractivity contribution is 0.184. The summed E-state index contributed by atoms with van der Waals surface area (Å²) in [6, 6.07) is 17.1. The molecule has 1 heterocycles. The number of guanidine groups is 1. The Morgan fingerprint density at radius 1 is 1.12 bits per heavy atom. The molecule has 0 aliphatic rings. The number of aliphatic imine (C=N–C) groups is 1. The molecule has 3 rings (SSSR count). The van der Waals surface area contributed by atoms with E-state index in [9.17, 15) is 10.2 Å². The van der Waals surface area contributed by atoms with Gasteiger partial charge in [-0.25, -0.2) is 4.99 Å². The van der Waals surface area contributed by atoms with Crippen LogP contribution in [-0.4, -0.2) is 29.3 Å². The number of nitrogens with one attached hydrogen (secondary N) is 2. The molecule has 0 bridgehead atoms. The van der Waals surface area contributed by atoms with Crippen LogP contribution in [0.2, 0.25) is 0 Å². The summed E-state index contributed by atoms with van der Waals surface area (Å²) in [7, 11) is 0. The molecule has 1 unspecified atom stereocenters. The number of aromatic hydroxyl groups is 1. The number of hydrogen-bond acceptors (Lipinski definition) is 4. The van der Waals surface area contributed by atoms with Crippen molar-refractivity contribution in [2.75, 3.05) is 13.1 Å². The second kappa shape index (κ2) is 8.69. The SMILES string of the molecule is CCNC(=NCc1ccc(O)cc1)NCC(O)c1cc2ccccc2s1. The fraction of sp³-hybridized carbons (Fsp3) is 0.250. The molecule has 0 saturated heterocycles. The van der Waals surface area contributed by atoms with Crippen LogP contribution in [0, 0.1) is 0 Å². The molecular weight excluding hydrogens is 346 g/mol. The first-order chi connectivity index (χ1) is 12.7. The summed E-state index contributed by atoms with van der Waals surface area (Å²) in [6.45, 7) is 3.61. The number of thiophene rings is 1. The first kappa shape index (κ1) is 18.2. The number of phenols is 1. The number of phenolic OH excluding ortho intramolecular Hbond substituents is 1. The van der Waals surface area contributed by atoms with Crippen LogP contribution in [0.1, 0.15) is 23.5 Å². The van der Waals surface area contributed by atoms with Crippen LogP contribution in [0.5, 0.6) is 5.75 Å². The highest BCUT2D eigenvalue weighted by molar-refractivity contribution is 7.19. The first-order valence-corrected chi connectivity index (χ1v) is 9.44. The highest BCUT2D eigenvalue weighted by Crippen LogP contribution is 2.29. The van der Waals surface area contributed by atoms with Gasteiger partial charge in [-0.2, -0.15) is 0 Å². The summed E-state index contributed by atoms with van der Waals surface area (Å²) in [6.07, 6.45) is -0.593. The van der Waals surface area contributed by atoms with Crippen LogP contribution in [-0.2, 0) is 6.54 Å².